The van der Waals surface area contributed by atoms with Gasteiger partial charge in [0.15, 0.2) is 0 Å². The van der Waals surface area contributed by atoms with Gasteiger partial charge in [0.05, 0.1) is 11.8 Å². The Morgan fingerprint density at radius 1 is 1.31 bits per heavy atom. The van der Waals surface area contributed by atoms with Gasteiger partial charge in [-0.15, -0.1) is 0 Å². The number of amides is 2. The monoisotopic (exact) mass is 357 g/mol. The summed E-state index contributed by atoms with van der Waals surface area (Å²) in [5, 5.41) is 6.78. The van der Waals surface area contributed by atoms with Crippen LogP contribution in [0.5, 0.6) is 0 Å². The summed E-state index contributed by atoms with van der Waals surface area (Å²) in [5.41, 5.74) is 2.56. The van der Waals surface area contributed by atoms with Crippen molar-refractivity contribution in [3.8, 4) is 0 Å². The molecule has 0 aliphatic carbocycles. The number of aromatic nitrogens is 1. The summed E-state index contributed by atoms with van der Waals surface area (Å²) in [4.78, 5) is 26.8. The summed E-state index contributed by atoms with van der Waals surface area (Å²) in [6.07, 6.45) is -0.388. The molecular formula is C19H23N3O4. The van der Waals surface area contributed by atoms with Crippen molar-refractivity contribution in [1.29, 1.82) is 0 Å². The molecule has 138 valence electrons. The van der Waals surface area contributed by atoms with Crippen LogP contribution in [0.25, 0.3) is 0 Å². The van der Waals surface area contributed by atoms with Gasteiger partial charge in [0.1, 0.15) is 18.4 Å². The van der Waals surface area contributed by atoms with E-state index in [0.717, 1.165) is 16.8 Å². The molecule has 26 heavy (non-hydrogen) atoms. The first-order valence-electron chi connectivity index (χ1n) is 8.62. The number of morpholine rings is 1. The Bertz CT molecular complexity index is 768. The summed E-state index contributed by atoms with van der Waals surface area (Å²) < 4.78 is 10.6. The maximum Gasteiger partial charge on any atom is 0.249 e. The van der Waals surface area contributed by atoms with E-state index >= 15 is 0 Å². The molecule has 1 aromatic heterocycles. The van der Waals surface area contributed by atoms with Crippen LogP contribution in [0.3, 0.4) is 0 Å². The van der Waals surface area contributed by atoms with Crippen LogP contribution < -0.4 is 5.32 Å². The number of nitrogens with one attached hydrogen (secondary N) is 1. The Morgan fingerprint density at radius 3 is 2.69 bits per heavy atom. The molecule has 2 amide bonds. The van der Waals surface area contributed by atoms with Crippen LogP contribution in [-0.2, 0) is 27.4 Å². The molecule has 1 fully saturated rings. The van der Waals surface area contributed by atoms with Gasteiger partial charge in [-0.1, -0.05) is 35.5 Å². The second-order valence-corrected chi connectivity index (χ2v) is 6.49. The zero-order valence-electron chi connectivity index (χ0n) is 15.2. The summed E-state index contributed by atoms with van der Waals surface area (Å²) in [6.45, 7) is 6.11. The number of rotatable bonds is 5. The van der Waals surface area contributed by atoms with Crippen molar-refractivity contribution in [3.05, 3.63) is 52.9 Å². The molecule has 0 radical (unpaired) electrons. The summed E-state index contributed by atoms with van der Waals surface area (Å²) in [7, 11) is 0. The minimum Gasteiger partial charge on any atom is -0.366 e. The van der Waals surface area contributed by atoms with E-state index in [0.29, 0.717) is 18.8 Å². The van der Waals surface area contributed by atoms with Crippen molar-refractivity contribution in [2.75, 3.05) is 6.61 Å². The molecule has 1 aromatic carbocycles. The first-order valence-corrected chi connectivity index (χ1v) is 8.62. The molecular weight excluding hydrogens is 334 g/mol. The van der Waals surface area contributed by atoms with Crippen LogP contribution in [0.15, 0.2) is 34.9 Å². The standard InChI is InChI=1S/C19H23N3O4/c1-12-16(13(2)26-21-12)9-20-19(24)18-14(3)25-11-17(23)22(18)10-15-7-5-4-6-8-15/h4-8,14,18H,9-11H2,1-3H3,(H,20,24)/t14-,18+/m1/s1. The molecule has 0 unspecified atom stereocenters. The van der Waals surface area contributed by atoms with Gasteiger partial charge in [-0.2, -0.15) is 0 Å². The molecule has 0 bridgehead atoms. The van der Waals surface area contributed by atoms with E-state index in [1.165, 1.54) is 0 Å². The fraction of sp³-hybridized carbons (Fsp3) is 0.421. The van der Waals surface area contributed by atoms with Crippen molar-refractivity contribution < 1.29 is 18.8 Å². The third-order valence-corrected chi connectivity index (χ3v) is 4.66. The van der Waals surface area contributed by atoms with E-state index < -0.39 is 6.04 Å². The number of nitrogens with zero attached hydrogens (tertiary/aromatic N) is 2. The second kappa shape index (κ2) is 7.70. The van der Waals surface area contributed by atoms with E-state index in [1.54, 1.807) is 11.8 Å². The van der Waals surface area contributed by atoms with Gasteiger partial charge in [-0.3, -0.25) is 9.59 Å². The Hall–Kier alpha value is -2.67. The third-order valence-electron chi connectivity index (χ3n) is 4.66. The van der Waals surface area contributed by atoms with E-state index in [-0.39, 0.29) is 24.5 Å². The summed E-state index contributed by atoms with van der Waals surface area (Å²) in [6, 6.07) is 8.93. The average Bonchev–Trinajstić information content (AvgIpc) is 2.95. The molecule has 1 N–H and O–H groups in total. The fourth-order valence-electron chi connectivity index (χ4n) is 3.14. The lowest BCUT2D eigenvalue weighted by atomic mass is 10.1. The predicted molar refractivity (Wildman–Crippen MR) is 94.0 cm³/mol. The summed E-state index contributed by atoms with van der Waals surface area (Å²) in [5.74, 6) is 0.235. The topological polar surface area (TPSA) is 84.7 Å². The van der Waals surface area contributed by atoms with Crippen LogP contribution >= 0.6 is 0 Å². The number of hydrogen-bond acceptors (Lipinski definition) is 5. The average molecular weight is 357 g/mol. The molecule has 7 nitrogen and oxygen atoms in total. The van der Waals surface area contributed by atoms with Crippen molar-refractivity contribution in [1.82, 2.24) is 15.4 Å². The molecule has 2 atom stereocenters. The van der Waals surface area contributed by atoms with Gasteiger partial charge in [0.25, 0.3) is 0 Å². The van der Waals surface area contributed by atoms with Gasteiger partial charge in [-0.05, 0) is 26.3 Å². The Kier molecular flexibility index (Phi) is 5.37. The van der Waals surface area contributed by atoms with Gasteiger partial charge < -0.3 is 19.5 Å². The molecule has 2 heterocycles. The molecule has 7 heteroatoms. The predicted octanol–water partition coefficient (Wildman–Crippen LogP) is 1.72. The number of ether oxygens (including phenoxy) is 1. The highest BCUT2D eigenvalue weighted by Gasteiger charge is 2.39. The van der Waals surface area contributed by atoms with Gasteiger partial charge in [0.2, 0.25) is 11.8 Å². The molecule has 0 saturated carbocycles. The Labute approximate surface area is 152 Å². The SMILES string of the molecule is Cc1noc(C)c1CNC(=O)[C@@H]1[C@@H](C)OCC(=O)N1Cc1ccccc1. The second-order valence-electron chi connectivity index (χ2n) is 6.49. The highest BCUT2D eigenvalue weighted by molar-refractivity contribution is 5.89. The highest BCUT2D eigenvalue weighted by Crippen LogP contribution is 2.19. The van der Waals surface area contributed by atoms with Crippen LogP contribution in [0.2, 0.25) is 0 Å². The molecule has 1 aliphatic rings. The van der Waals surface area contributed by atoms with Gasteiger partial charge >= 0.3 is 0 Å². The number of aryl methyl sites for hydroxylation is 2. The molecule has 1 aliphatic heterocycles. The zero-order chi connectivity index (χ0) is 18.7. The number of carbonyl (C=O) groups excluding carboxylic acids is 2. The Balaban J connectivity index is 1.74. The maximum absolute atomic E-state index is 12.8. The lowest BCUT2D eigenvalue weighted by molar-refractivity contribution is -0.163. The van der Waals surface area contributed by atoms with E-state index in [4.69, 9.17) is 9.26 Å². The van der Waals surface area contributed by atoms with Crippen LogP contribution in [0, 0.1) is 13.8 Å². The van der Waals surface area contributed by atoms with Crippen LogP contribution in [0.1, 0.15) is 29.5 Å². The normalized spacial score (nSPS) is 20.3. The molecule has 3 rings (SSSR count). The first kappa shape index (κ1) is 18.1. The molecule has 0 spiro atoms. The van der Waals surface area contributed by atoms with Crippen molar-refractivity contribution in [3.63, 3.8) is 0 Å². The minimum atomic E-state index is -0.683. The van der Waals surface area contributed by atoms with Crippen LogP contribution in [0.4, 0.5) is 0 Å². The number of carbonyl (C=O) groups is 2. The summed E-state index contributed by atoms with van der Waals surface area (Å²) >= 11 is 0. The van der Waals surface area contributed by atoms with Crippen molar-refractivity contribution in [2.45, 2.75) is 46.0 Å². The number of hydrogen-bond donors (Lipinski definition) is 1. The quantitative estimate of drug-likeness (QED) is 0.881. The third kappa shape index (κ3) is 3.77. The lowest BCUT2D eigenvalue weighted by Crippen LogP contribution is -2.59. The first-order chi connectivity index (χ1) is 12.5. The lowest BCUT2D eigenvalue weighted by Gasteiger charge is -2.38. The van der Waals surface area contributed by atoms with Crippen molar-refractivity contribution in [2.24, 2.45) is 0 Å². The minimum absolute atomic E-state index is 0.0123. The fourth-order valence-corrected chi connectivity index (χ4v) is 3.14. The molecule has 1 saturated heterocycles. The van der Waals surface area contributed by atoms with E-state index in [1.807, 2.05) is 44.2 Å². The van der Waals surface area contributed by atoms with E-state index in [9.17, 15) is 9.59 Å². The van der Waals surface area contributed by atoms with Crippen molar-refractivity contribution >= 4 is 11.8 Å². The molecule has 2 aromatic rings. The highest BCUT2D eigenvalue weighted by atomic mass is 16.5. The zero-order valence-corrected chi connectivity index (χ0v) is 15.2. The Morgan fingerprint density at radius 2 is 2.04 bits per heavy atom. The largest absolute Gasteiger partial charge is 0.366 e. The smallest absolute Gasteiger partial charge is 0.249 e. The van der Waals surface area contributed by atoms with Gasteiger partial charge in [-0.25, -0.2) is 0 Å². The number of benzene rings is 1. The van der Waals surface area contributed by atoms with Crippen LogP contribution in [-0.4, -0.2) is 40.6 Å². The maximum atomic E-state index is 12.8. The van der Waals surface area contributed by atoms with Gasteiger partial charge in [0, 0.05) is 18.7 Å². The van der Waals surface area contributed by atoms with E-state index in [2.05, 4.69) is 10.5 Å².